The number of hydrogen-bond donors (Lipinski definition) is 2. The Morgan fingerprint density at radius 2 is 2.08 bits per heavy atom. The summed E-state index contributed by atoms with van der Waals surface area (Å²) >= 11 is 0. The van der Waals surface area contributed by atoms with Gasteiger partial charge >= 0.3 is 0 Å². The zero-order valence-electron chi connectivity index (χ0n) is 13.7. The summed E-state index contributed by atoms with van der Waals surface area (Å²) in [7, 11) is 3.63. The highest BCUT2D eigenvalue weighted by atomic mass is 19.1. The van der Waals surface area contributed by atoms with Crippen molar-refractivity contribution in [2.24, 2.45) is 0 Å². The first-order valence-electron chi connectivity index (χ1n) is 7.95. The molecule has 6 heteroatoms. The number of hydrogen-bond acceptors (Lipinski definition) is 3. The van der Waals surface area contributed by atoms with Gasteiger partial charge in [-0.1, -0.05) is 0 Å². The second kappa shape index (κ2) is 6.47. The molecule has 0 spiro atoms. The molecule has 2 aromatic rings. The summed E-state index contributed by atoms with van der Waals surface area (Å²) in [6.07, 6.45) is 2.41. The Morgan fingerprint density at radius 1 is 1.29 bits per heavy atom. The van der Waals surface area contributed by atoms with Crippen molar-refractivity contribution in [1.82, 2.24) is 10.3 Å². The molecule has 1 aromatic heterocycles. The molecule has 1 amide bonds. The zero-order chi connectivity index (χ0) is 17.3. The molecule has 1 aliphatic rings. The Morgan fingerprint density at radius 3 is 2.79 bits per heavy atom. The number of pyridine rings is 1. The van der Waals surface area contributed by atoms with Crippen molar-refractivity contribution < 1.29 is 9.18 Å². The van der Waals surface area contributed by atoms with Crippen molar-refractivity contribution in [3.05, 3.63) is 63.3 Å². The molecule has 24 heavy (non-hydrogen) atoms. The van der Waals surface area contributed by atoms with Gasteiger partial charge in [-0.25, -0.2) is 4.39 Å². The minimum Gasteiger partial charge on any atom is -0.378 e. The van der Waals surface area contributed by atoms with E-state index in [1.807, 2.05) is 14.1 Å². The van der Waals surface area contributed by atoms with E-state index in [1.165, 1.54) is 18.2 Å². The van der Waals surface area contributed by atoms with Crippen LogP contribution >= 0.6 is 0 Å². The van der Waals surface area contributed by atoms with Crippen LogP contribution in [0, 0.1) is 5.82 Å². The van der Waals surface area contributed by atoms with Crippen LogP contribution in [-0.4, -0.2) is 25.0 Å². The topological polar surface area (TPSA) is 65.2 Å². The SMILES string of the molecule is CN(C)c1ccc(C(=O)NC2CCCc3[nH]c(=O)ccc32)c(F)c1. The van der Waals surface area contributed by atoms with E-state index in [4.69, 9.17) is 0 Å². The molecular weight excluding hydrogens is 309 g/mol. The number of rotatable bonds is 3. The smallest absolute Gasteiger partial charge is 0.254 e. The van der Waals surface area contributed by atoms with Crippen LogP contribution in [0.3, 0.4) is 0 Å². The van der Waals surface area contributed by atoms with Gasteiger partial charge < -0.3 is 15.2 Å². The predicted octanol–water partition coefficient (Wildman–Crippen LogP) is 2.39. The van der Waals surface area contributed by atoms with E-state index in [0.29, 0.717) is 5.69 Å². The van der Waals surface area contributed by atoms with E-state index in [9.17, 15) is 14.0 Å². The lowest BCUT2D eigenvalue weighted by atomic mass is 9.91. The molecule has 1 unspecified atom stereocenters. The van der Waals surface area contributed by atoms with Crippen LogP contribution in [-0.2, 0) is 6.42 Å². The quantitative estimate of drug-likeness (QED) is 0.909. The highest BCUT2D eigenvalue weighted by Crippen LogP contribution is 2.28. The average molecular weight is 329 g/mol. The highest BCUT2D eigenvalue weighted by Gasteiger charge is 2.24. The van der Waals surface area contributed by atoms with Crippen LogP contribution in [0.15, 0.2) is 35.1 Å². The lowest BCUT2D eigenvalue weighted by Gasteiger charge is -2.26. The summed E-state index contributed by atoms with van der Waals surface area (Å²) in [6.45, 7) is 0. The third-order valence-corrected chi connectivity index (χ3v) is 4.35. The number of amides is 1. The number of fused-ring (bicyclic) bond motifs is 1. The van der Waals surface area contributed by atoms with Crippen LogP contribution < -0.4 is 15.8 Å². The van der Waals surface area contributed by atoms with Gasteiger partial charge in [-0.2, -0.15) is 0 Å². The number of aryl methyl sites for hydroxylation is 1. The van der Waals surface area contributed by atoms with Gasteiger partial charge in [-0.05, 0) is 49.1 Å². The fourth-order valence-corrected chi connectivity index (χ4v) is 3.05. The summed E-state index contributed by atoms with van der Waals surface area (Å²) in [5.41, 5.74) is 2.33. The standard InChI is InChI=1S/C18H20FN3O2/c1-22(2)11-6-7-12(14(19)10-11)18(24)21-16-5-3-4-15-13(16)8-9-17(23)20-15/h6-10,16H,3-5H2,1-2H3,(H,20,23)(H,21,24). The summed E-state index contributed by atoms with van der Waals surface area (Å²) < 4.78 is 14.2. The van der Waals surface area contributed by atoms with E-state index in [-0.39, 0.29) is 17.2 Å². The molecular formula is C18H20FN3O2. The summed E-state index contributed by atoms with van der Waals surface area (Å²) in [6, 6.07) is 7.53. The Hall–Kier alpha value is -2.63. The van der Waals surface area contributed by atoms with Crippen molar-refractivity contribution in [3.63, 3.8) is 0 Å². The highest BCUT2D eigenvalue weighted by molar-refractivity contribution is 5.95. The molecule has 126 valence electrons. The number of carbonyl (C=O) groups is 1. The maximum Gasteiger partial charge on any atom is 0.254 e. The van der Waals surface area contributed by atoms with Crippen LogP contribution in [0.2, 0.25) is 0 Å². The van der Waals surface area contributed by atoms with E-state index < -0.39 is 11.7 Å². The molecule has 0 aliphatic heterocycles. The number of H-pyrrole nitrogens is 1. The van der Waals surface area contributed by atoms with Gasteiger partial charge in [-0.15, -0.1) is 0 Å². The second-order valence-electron chi connectivity index (χ2n) is 6.23. The normalized spacial score (nSPS) is 16.4. The minimum atomic E-state index is -0.545. The lowest BCUT2D eigenvalue weighted by Crippen LogP contribution is -2.32. The van der Waals surface area contributed by atoms with Crippen molar-refractivity contribution in [2.75, 3.05) is 19.0 Å². The molecule has 0 radical (unpaired) electrons. The van der Waals surface area contributed by atoms with E-state index in [0.717, 1.165) is 30.5 Å². The summed E-state index contributed by atoms with van der Waals surface area (Å²) in [4.78, 5) is 28.5. The number of benzene rings is 1. The van der Waals surface area contributed by atoms with Gasteiger partial charge in [0.05, 0.1) is 11.6 Å². The fraction of sp³-hybridized carbons (Fsp3) is 0.333. The van der Waals surface area contributed by atoms with Gasteiger partial charge in [0.1, 0.15) is 5.82 Å². The first-order chi connectivity index (χ1) is 11.5. The number of nitrogens with one attached hydrogen (secondary N) is 2. The third-order valence-electron chi connectivity index (χ3n) is 4.35. The van der Waals surface area contributed by atoms with Gasteiger partial charge in [0.2, 0.25) is 5.56 Å². The molecule has 1 atom stereocenters. The minimum absolute atomic E-state index is 0.0251. The molecule has 1 aromatic carbocycles. The monoisotopic (exact) mass is 329 g/mol. The van der Waals surface area contributed by atoms with E-state index in [1.54, 1.807) is 17.0 Å². The van der Waals surface area contributed by atoms with Gasteiger partial charge in [0.25, 0.3) is 5.91 Å². The molecule has 5 nitrogen and oxygen atoms in total. The summed E-state index contributed by atoms with van der Waals surface area (Å²) in [5, 5.41) is 2.89. The maximum atomic E-state index is 14.2. The Labute approximate surface area is 139 Å². The van der Waals surface area contributed by atoms with Gasteiger partial charge in [0, 0.05) is 31.5 Å². The van der Waals surface area contributed by atoms with E-state index >= 15 is 0 Å². The van der Waals surface area contributed by atoms with Crippen molar-refractivity contribution in [1.29, 1.82) is 0 Å². The lowest BCUT2D eigenvalue weighted by molar-refractivity contribution is 0.0928. The molecule has 0 saturated heterocycles. The molecule has 0 bridgehead atoms. The van der Waals surface area contributed by atoms with Gasteiger partial charge in [0.15, 0.2) is 0 Å². The van der Waals surface area contributed by atoms with Crippen molar-refractivity contribution >= 4 is 11.6 Å². The number of halogens is 1. The first-order valence-corrected chi connectivity index (χ1v) is 7.95. The Balaban J connectivity index is 1.83. The fourth-order valence-electron chi connectivity index (χ4n) is 3.05. The third kappa shape index (κ3) is 3.18. The second-order valence-corrected chi connectivity index (χ2v) is 6.23. The number of aromatic amines is 1. The number of anilines is 1. The van der Waals surface area contributed by atoms with Crippen LogP contribution in [0.4, 0.5) is 10.1 Å². The molecule has 0 fully saturated rings. The van der Waals surface area contributed by atoms with Gasteiger partial charge in [-0.3, -0.25) is 9.59 Å². The van der Waals surface area contributed by atoms with E-state index in [2.05, 4.69) is 10.3 Å². The Bertz CT molecular complexity index is 829. The van der Waals surface area contributed by atoms with Crippen LogP contribution in [0.25, 0.3) is 0 Å². The molecule has 0 saturated carbocycles. The molecule has 3 rings (SSSR count). The molecule has 1 aliphatic carbocycles. The predicted molar refractivity (Wildman–Crippen MR) is 90.9 cm³/mol. The average Bonchev–Trinajstić information content (AvgIpc) is 2.54. The summed E-state index contributed by atoms with van der Waals surface area (Å²) in [5.74, 6) is -0.988. The number of carbonyl (C=O) groups excluding carboxylic acids is 1. The number of aromatic nitrogens is 1. The van der Waals surface area contributed by atoms with Crippen molar-refractivity contribution in [3.8, 4) is 0 Å². The van der Waals surface area contributed by atoms with Crippen molar-refractivity contribution in [2.45, 2.75) is 25.3 Å². The van der Waals surface area contributed by atoms with Crippen LogP contribution in [0.5, 0.6) is 0 Å². The Kier molecular flexibility index (Phi) is 4.38. The van der Waals surface area contributed by atoms with Crippen LogP contribution in [0.1, 0.15) is 40.5 Å². The maximum absolute atomic E-state index is 14.2. The number of nitrogens with zero attached hydrogens (tertiary/aromatic N) is 1. The first kappa shape index (κ1) is 16.2. The molecule has 1 heterocycles. The molecule has 2 N–H and O–H groups in total. The zero-order valence-corrected chi connectivity index (χ0v) is 13.7. The largest absolute Gasteiger partial charge is 0.378 e.